The van der Waals surface area contributed by atoms with Gasteiger partial charge in [0.1, 0.15) is 23.5 Å². The van der Waals surface area contributed by atoms with E-state index in [1.165, 1.54) is 0 Å². The van der Waals surface area contributed by atoms with E-state index in [1.54, 1.807) is 24.2 Å². The molecule has 0 spiro atoms. The van der Waals surface area contributed by atoms with Crippen LogP contribution < -0.4 is 4.74 Å². The Morgan fingerprint density at radius 1 is 0.763 bits per heavy atom. The number of ether oxygens (including phenoxy) is 1. The molecule has 0 fully saturated rings. The summed E-state index contributed by atoms with van der Waals surface area (Å²) in [6, 6.07) is 32.4. The summed E-state index contributed by atoms with van der Waals surface area (Å²) >= 11 is 0. The van der Waals surface area contributed by atoms with Crippen molar-refractivity contribution in [1.82, 2.24) is 24.1 Å². The Balaban J connectivity index is 1.57. The molecular weight excluding hydrogens is 474 g/mol. The molecule has 0 saturated heterocycles. The number of rotatable bonds is 6. The minimum absolute atomic E-state index is 0.531. The molecule has 0 N–H and O–H groups in total. The molecule has 4 heterocycles. The Morgan fingerprint density at radius 2 is 1.50 bits per heavy atom. The van der Waals surface area contributed by atoms with E-state index in [0.717, 1.165) is 56.1 Å². The third kappa shape index (κ3) is 3.64. The Kier molecular flexibility index (Phi) is 5.25. The zero-order chi connectivity index (χ0) is 25.5. The molecule has 7 aromatic rings. The molecule has 0 radical (unpaired) electrons. The van der Waals surface area contributed by atoms with E-state index in [2.05, 4.69) is 53.1 Å². The van der Waals surface area contributed by atoms with Crippen LogP contribution in [-0.2, 0) is 6.54 Å². The minimum atomic E-state index is 0.531. The molecule has 0 bridgehead atoms. The predicted molar refractivity (Wildman–Crippen MR) is 147 cm³/mol. The normalized spacial score (nSPS) is 11.4. The molecule has 0 atom stereocenters. The van der Waals surface area contributed by atoms with Crippen molar-refractivity contribution in [2.45, 2.75) is 6.54 Å². The number of benzene rings is 3. The second-order valence-electron chi connectivity index (χ2n) is 9.00. The third-order valence-corrected chi connectivity index (χ3v) is 6.73. The molecule has 0 aliphatic heterocycles. The fraction of sp³-hybridized carbons (Fsp3) is 0.0645. The zero-order valence-electron chi connectivity index (χ0n) is 20.7. The SMILES string of the molecule is COc1ccc(-c2nc3c4c(-c5ccccc5)c(-c5ccccc5)n(Cc5ccco5)c4ncn3n2)cc1. The van der Waals surface area contributed by atoms with Gasteiger partial charge in [-0.2, -0.15) is 0 Å². The maximum absolute atomic E-state index is 5.77. The zero-order valence-corrected chi connectivity index (χ0v) is 20.7. The van der Waals surface area contributed by atoms with E-state index in [4.69, 9.17) is 24.2 Å². The number of aromatic nitrogens is 5. The van der Waals surface area contributed by atoms with Crippen molar-refractivity contribution in [1.29, 1.82) is 0 Å². The summed E-state index contributed by atoms with van der Waals surface area (Å²) in [5, 5.41) is 5.73. The second-order valence-corrected chi connectivity index (χ2v) is 9.00. The first-order valence-electron chi connectivity index (χ1n) is 12.4. The van der Waals surface area contributed by atoms with Crippen molar-refractivity contribution in [2.24, 2.45) is 0 Å². The fourth-order valence-corrected chi connectivity index (χ4v) is 4.99. The van der Waals surface area contributed by atoms with Crippen LogP contribution in [0.1, 0.15) is 5.76 Å². The van der Waals surface area contributed by atoms with Crippen molar-refractivity contribution >= 4 is 16.7 Å². The number of fused-ring (bicyclic) bond motifs is 3. The van der Waals surface area contributed by atoms with Crippen molar-refractivity contribution in [2.75, 3.05) is 7.11 Å². The van der Waals surface area contributed by atoms with Crippen LogP contribution in [0.2, 0.25) is 0 Å². The molecule has 0 aliphatic rings. The molecular formula is C31H23N5O2. The van der Waals surface area contributed by atoms with E-state index in [9.17, 15) is 0 Å². The lowest BCUT2D eigenvalue weighted by Crippen LogP contribution is -2.03. The first-order valence-corrected chi connectivity index (χ1v) is 12.4. The average Bonchev–Trinajstić information content (AvgIpc) is 3.72. The van der Waals surface area contributed by atoms with Gasteiger partial charge in [0.15, 0.2) is 11.5 Å². The highest BCUT2D eigenvalue weighted by atomic mass is 16.5. The van der Waals surface area contributed by atoms with Crippen LogP contribution >= 0.6 is 0 Å². The van der Waals surface area contributed by atoms with Gasteiger partial charge in [-0.1, -0.05) is 60.7 Å². The number of nitrogens with zero attached hydrogens (tertiary/aromatic N) is 5. The smallest absolute Gasteiger partial charge is 0.182 e. The lowest BCUT2D eigenvalue weighted by atomic mass is 9.99. The first kappa shape index (κ1) is 22.1. The van der Waals surface area contributed by atoms with E-state index >= 15 is 0 Å². The Labute approximate surface area is 218 Å². The first-order chi connectivity index (χ1) is 18.8. The largest absolute Gasteiger partial charge is 0.497 e. The van der Waals surface area contributed by atoms with Gasteiger partial charge >= 0.3 is 0 Å². The van der Waals surface area contributed by atoms with Crippen LogP contribution in [0, 0.1) is 0 Å². The van der Waals surface area contributed by atoms with Crippen LogP contribution in [0.15, 0.2) is 114 Å². The summed E-state index contributed by atoms with van der Waals surface area (Å²) in [7, 11) is 1.66. The topological polar surface area (TPSA) is 70.4 Å². The molecule has 0 unspecified atom stereocenters. The van der Waals surface area contributed by atoms with E-state index in [-0.39, 0.29) is 0 Å². The quantitative estimate of drug-likeness (QED) is 0.255. The molecule has 4 aromatic heterocycles. The standard InChI is InChI=1S/C31H23N5O2/c1-37-24-16-14-23(15-17-24)29-33-31-27-26(21-9-4-2-5-10-21)28(22-11-6-3-7-12-22)35(19-25-13-8-18-38-25)30(27)32-20-36(31)34-29/h2-18,20H,19H2,1H3. The van der Waals surface area contributed by atoms with Gasteiger partial charge in [-0.3, -0.25) is 0 Å². The van der Waals surface area contributed by atoms with Gasteiger partial charge in [0.05, 0.1) is 31.0 Å². The maximum Gasteiger partial charge on any atom is 0.182 e. The van der Waals surface area contributed by atoms with Crippen molar-refractivity contribution in [3.63, 3.8) is 0 Å². The molecule has 0 saturated carbocycles. The van der Waals surface area contributed by atoms with Crippen LogP contribution in [-0.4, -0.2) is 31.3 Å². The Hall–Kier alpha value is -5.17. The summed E-state index contributed by atoms with van der Waals surface area (Å²) in [5.74, 6) is 2.26. The fourth-order valence-electron chi connectivity index (χ4n) is 4.99. The van der Waals surface area contributed by atoms with Crippen LogP contribution in [0.4, 0.5) is 0 Å². The molecule has 7 nitrogen and oxygen atoms in total. The van der Waals surface area contributed by atoms with Crippen molar-refractivity contribution in [3.8, 4) is 39.5 Å². The lowest BCUT2D eigenvalue weighted by molar-refractivity contribution is 0.415. The van der Waals surface area contributed by atoms with Crippen molar-refractivity contribution in [3.05, 3.63) is 115 Å². The van der Waals surface area contributed by atoms with Gasteiger partial charge in [0, 0.05) is 11.1 Å². The minimum Gasteiger partial charge on any atom is -0.497 e. The molecule has 0 amide bonds. The van der Waals surface area contributed by atoms with E-state index < -0.39 is 0 Å². The summed E-state index contributed by atoms with van der Waals surface area (Å²) in [5.41, 5.74) is 6.75. The predicted octanol–water partition coefficient (Wildman–Crippen LogP) is 6.73. The van der Waals surface area contributed by atoms with Crippen molar-refractivity contribution < 1.29 is 9.15 Å². The van der Waals surface area contributed by atoms with Crippen LogP contribution in [0.3, 0.4) is 0 Å². The molecule has 184 valence electrons. The van der Waals surface area contributed by atoms with Gasteiger partial charge < -0.3 is 13.7 Å². The molecule has 0 aliphatic carbocycles. The summed E-state index contributed by atoms with van der Waals surface area (Å²) in [6.07, 6.45) is 3.44. The maximum atomic E-state index is 5.77. The van der Waals surface area contributed by atoms with Gasteiger partial charge in [-0.15, -0.1) is 5.10 Å². The highest BCUT2D eigenvalue weighted by Gasteiger charge is 2.25. The number of furan rings is 1. The van der Waals surface area contributed by atoms with E-state index in [1.807, 2.05) is 48.5 Å². The summed E-state index contributed by atoms with van der Waals surface area (Å²) in [6.45, 7) is 0.531. The molecule has 38 heavy (non-hydrogen) atoms. The number of hydrogen-bond acceptors (Lipinski definition) is 5. The highest BCUT2D eigenvalue weighted by molar-refractivity contribution is 6.09. The molecule has 3 aromatic carbocycles. The number of hydrogen-bond donors (Lipinski definition) is 0. The summed E-state index contributed by atoms with van der Waals surface area (Å²) in [4.78, 5) is 9.95. The third-order valence-electron chi connectivity index (χ3n) is 6.73. The monoisotopic (exact) mass is 497 g/mol. The highest BCUT2D eigenvalue weighted by Crippen LogP contribution is 2.42. The van der Waals surface area contributed by atoms with Gasteiger partial charge in [0.2, 0.25) is 0 Å². The van der Waals surface area contributed by atoms with Gasteiger partial charge in [-0.05, 0) is 47.5 Å². The average molecular weight is 498 g/mol. The van der Waals surface area contributed by atoms with Gasteiger partial charge in [0.25, 0.3) is 0 Å². The number of methoxy groups -OCH3 is 1. The molecule has 7 heteroatoms. The van der Waals surface area contributed by atoms with Gasteiger partial charge in [-0.25, -0.2) is 14.5 Å². The second kappa shape index (κ2) is 9.05. The lowest BCUT2D eigenvalue weighted by Gasteiger charge is -2.11. The molecule has 7 rings (SSSR count). The summed E-state index contributed by atoms with van der Waals surface area (Å²) < 4.78 is 15.1. The Morgan fingerprint density at radius 3 is 2.18 bits per heavy atom. The van der Waals surface area contributed by atoms with Crippen LogP contribution in [0.25, 0.3) is 50.5 Å². The van der Waals surface area contributed by atoms with Crippen LogP contribution in [0.5, 0.6) is 5.75 Å². The van der Waals surface area contributed by atoms with E-state index in [0.29, 0.717) is 12.4 Å². The Bertz CT molecular complexity index is 1850.